The molecule has 18 heavy (non-hydrogen) atoms. The minimum absolute atomic E-state index is 0.138. The van der Waals surface area contributed by atoms with Crippen LogP contribution in [-0.4, -0.2) is 21.3 Å². The van der Waals surface area contributed by atoms with Crippen LogP contribution in [0, 0.1) is 0 Å². The third-order valence-corrected chi connectivity index (χ3v) is 2.36. The van der Waals surface area contributed by atoms with E-state index in [4.69, 9.17) is 10.8 Å². The predicted octanol–water partition coefficient (Wildman–Crippen LogP) is 1.37. The van der Waals surface area contributed by atoms with E-state index in [9.17, 15) is 4.79 Å². The van der Waals surface area contributed by atoms with Crippen molar-refractivity contribution in [2.45, 2.75) is 6.54 Å². The lowest BCUT2D eigenvalue weighted by Gasteiger charge is -2.09. The van der Waals surface area contributed by atoms with Gasteiger partial charge < -0.3 is 16.2 Å². The van der Waals surface area contributed by atoms with Crippen LogP contribution in [0.1, 0.15) is 16.1 Å². The number of benzene rings is 1. The lowest BCUT2D eigenvalue weighted by atomic mass is 10.1. The standard InChI is InChI=1S/C12H12N4O2/c13-8-3-4-11(10(6-8)12(17)18)14-7-9-2-1-5-15-16-9/h1-6,14H,7,13H2,(H,17,18). The first-order valence-corrected chi connectivity index (χ1v) is 5.30. The van der Waals surface area contributed by atoms with Crippen molar-refractivity contribution >= 4 is 17.3 Å². The molecule has 0 amide bonds. The van der Waals surface area contributed by atoms with Gasteiger partial charge in [0.15, 0.2) is 0 Å². The number of carboxylic acid groups (broad SMARTS) is 1. The van der Waals surface area contributed by atoms with Crippen LogP contribution in [0.25, 0.3) is 0 Å². The summed E-state index contributed by atoms with van der Waals surface area (Å²) in [5, 5.41) is 19.7. The molecule has 0 spiro atoms. The van der Waals surface area contributed by atoms with Gasteiger partial charge in [-0.3, -0.25) is 0 Å². The van der Waals surface area contributed by atoms with Crippen molar-refractivity contribution in [1.82, 2.24) is 10.2 Å². The van der Waals surface area contributed by atoms with E-state index in [1.165, 1.54) is 6.07 Å². The Morgan fingerprint density at radius 2 is 2.22 bits per heavy atom. The summed E-state index contributed by atoms with van der Waals surface area (Å²) < 4.78 is 0. The SMILES string of the molecule is Nc1ccc(NCc2cccnn2)c(C(=O)O)c1. The van der Waals surface area contributed by atoms with E-state index in [0.717, 1.165) is 5.69 Å². The summed E-state index contributed by atoms with van der Waals surface area (Å²) in [7, 11) is 0. The van der Waals surface area contributed by atoms with Gasteiger partial charge in [0.25, 0.3) is 0 Å². The zero-order valence-corrected chi connectivity index (χ0v) is 9.50. The highest BCUT2D eigenvalue weighted by Crippen LogP contribution is 2.19. The highest BCUT2D eigenvalue weighted by molar-refractivity contribution is 5.95. The highest BCUT2D eigenvalue weighted by Gasteiger charge is 2.10. The fraction of sp³-hybridized carbons (Fsp3) is 0.0833. The van der Waals surface area contributed by atoms with Crippen molar-refractivity contribution in [3.05, 3.63) is 47.8 Å². The van der Waals surface area contributed by atoms with Crippen LogP contribution in [0.2, 0.25) is 0 Å². The quantitative estimate of drug-likeness (QED) is 0.702. The summed E-state index contributed by atoms with van der Waals surface area (Å²) in [4.78, 5) is 11.1. The predicted molar refractivity (Wildman–Crippen MR) is 67.2 cm³/mol. The lowest BCUT2D eigenvalue weighted by Crippen LogP contribution is -2.08. The summed E-state index contributed by atoms with van der Waals surface area (Å²) in [6, 6.07) is 8.27. The zero-order valence-electron chi connectivity index (χ0n) is 9.50. The van der Waals surface area contributed by atoms with Gasteiger partial charge in [-0.2, -0.15) is 10.2 Å². The van der Waals surface area contributed by atoms with Gasteiger partial charge in [0, 0.05) is 17.6 Å². The third-order valence-electron chi connectivity index (χ3n) is 2.36. The molecule has 1 aromatic heterocycles. The molecule has 1 aromatic carbocycles. The number of hydrogen-bond acceptors (Lipinski definition) is 5. The molecular weight excluding hydrogens is 232 g/mol. The molecule has 0 atom stereocenters. The number of nitrogen functional groups attached to an aromatic ring is 1. The van der Waals surface area contributed by atoms with Gasteiger partial charge in [-0.05, 0) is 30.3 Å². The molecule has 0 radical (unpaired) electrons. The molecule has 92 valence electrons. The molecule has 0 saturated heterocycles. The monoisotopic (exact) mass is 244 g/mol. The number of aromatic nitrogens is 2. The number of nitrogens with one attached hydrogen (secondary N) is 1. The van der Waals surface area contributed by atoms with Crippen LogP contribution in [0.5, 0.6) is 0 Å². The van der Waals surface area contributed by atoms with Crippen molar-refractivity contribution in [2.24, 2.45) is 0 Å². The molecule has 6 heteroatoms. The van der Waals surface area contributed by atoms with E-state index in [-0.39, 0.29) is 5.56 Å². The largest absolute Gasteiger partial charge is 0.478 e. The molecule has 1 heterocycles. The first-order chi connectivity index (χ1) is 8.66. The first kappa shape index (κ1) is 11.8. The fourth-order valence-electron chi connectivity index (χ4n) is 1.51. The molecule has 0 unspecified atom stereocenters. The Kier molecular flexibility index (Phi) is 3.38. The number of anilines is 2. The van der Waals surface area contributed by atoms with Gasteiger partial charge >= 0.3 is 5.97 Å². The average Bonchev–Trinajstić information content (AvgIpc) is 2.38. The molecule has 4 N–H and O–H groups in total. The number of carbonyl (C=O) groups is 1. The molecule has 6 nitrogen and oxygen atoms in total. The minimum atomic E-state index is -1.02. The molecule has 0 bridgehead atoms. The zero-order chi connectivity index (χ0) is 13.0. The summed E-state index contributed by atoms with van der Waals surface area (Å²) in [5.74, 6) is -1.02. The molecule has 0 aliphatic rings. The van der Waals surface area contributed by atoms with Crippen molar-refractivity contribution < 1.29 is 9.90 Å². The van der Waals surface area contributed by atoms with Crippen LogP contribution in [-0.2, 0) is 6.54 Å². The van der Waals surface area contributed by atoms with Gasteiger partial charge in [-0.1, -0.05) is 0 Å². The van der Waals surface area contributed by atoms with Gasteiger partial charge in [0.2, 0.25) is 0 Å². The van der Waals surface area contributed by atoms with E-state index in [1.807, 2.05) is 0 Å². The van der Waals surface area contributed by atoms with Gasteiger partial charge in [-0.15, -0.1) is 0 Å². The lowest BCUT2D eigenvalue weighted by molar-refractivity contribution is 0.0698. The summed E-state index contributed by atoms with van der Waals surface area (Å²) in [6.45, 7) is 0.401. The van der Waals surface area contributed by atoms with Crippen LogP contribution in [0.4, 0.5) is 11.4 Å². The second-order valence-corrected chi connectivity index (χ2v) is 3.68. The van der Waals surface area contributed by atoms with Crippen molar-refractivity contribution in [2.75, 3.05) is 11.1 Å². The normalized spacial score (nSPS) is 10.0. The van der Waals surface area contributed by atoms with Crippen molar-refractivity contribution in [3.8, 4) is 0 Å². The molecule has 0 saturated carbocycles. The van der Waals surface area contributed by atoms with E-state index in [0.29, 0.717) is 17.9 Å². The number of nitrogens with zero attached hydrogens (tertiary/aromatic N) is 2. The average molecular weight is 244 g/mol. The van der Waals surface area contributed by atoms with Gasteiger partial charge in [0.05, 0.1) is 17.8 Å². The smallest absolute Gasteiger partial charge is 0.337 e. The summed E-state index contributed by atoms with van der Waals surface area (Å²) in [6.07, 6.45) is 1.58. The number of rotatable bonds is 4. The molecule has 0 aliphatic carbocycles. The van der Waals surface area contributed by atoms with Gasteiger partial charge in [-0.25, -0.2) is 4.79 Å². The van der Waals surface area contributed by atoms with E-state index in [2.05, 4.69) is 15.5 Å². The molecule has 2 aromatic rings. The first-order valence-electron chi connectivity index (χ1n) is 5.30. The molecule has 2 rings (SSSR count). The van der Waals surface area contributed by atoms with Crippen LogP contribution in [0.15, 0.2) is 36.5 Å². The Balaban J connectivity index is 2.17. The summed E-state index contributed by atoms with van der Waals surface area (Å²) in [5.41, 5.74) is 7.34. The number of carboxylic acids is 1. The topological polar surface area (TPSA) is 101 Å². The van der Waals surface area contributed by atoms with Crippen molar-refractivity contribution in [3.63, 3.8) is 0 Å². The fourth-order valence-corrected chi connectivity index (χ4v) is 1.51. The minimum Gasteiger partial charge on any atom is -0.478 e. The Bertz CT molecular complexity index is 557. The number of aromatic carboxylic acids is 1. The second-order valence-electron chi connectivity index (χ2n) is 3.68. The molecule has 0 fully saturated rings. The summed E-state index contributed by atoms with van der Waals surface area (Å²) >= 11 is 0. The maximum absolute atomic E-state index is 11.1. The van der Waals surface area contributed by atoms with Crippen molar-refractivity contribution in [1.29, 1.82) is 0 Å². The molecular formula is C12H12N4O2. The highest BCUT2D eigenvalue weighted by atomic mass is 16.4. The number of nitrogens with two attached hydrogens (primary N) is 1. The number of hydrogen-bond donors (Lipinski definition) is 3. The maximum Gasteiger partial charge on any atom is 0.337 e. The van der Waals surface area contributed by atoms with Crippen LogP contribution >= 0.6 is 0 Å². The molecule has 0 aliphatic heterocycles. The van der Waals surface area contributed by atoms with Crippen LogP contribution < -0.4 is 11.1 Å². The van der Waals surface area contributed by atoms with E-state index >= 15 is 0 Å². The van der Waals surface area contributed by atoms with E-state index in [1.54, 1.807) is 30.5 Å². The van der Waals surface area contributed by atoms with Crippen LogP contribution in [0.3, 0.4) is 0 Å². The third kappa shape index (κ3) is 2.73. The Morgan fingerprint density at radius 3 is 2.89 bits per heavy atom. The Hall–Kier alpha value is -2.63. The Morgan fingerprint density at radius 1 is 1.39 bits per heavy atom. The maximum atomic E-state index is 11.1. The van der Waals surface area contributed by atoms with E-state index < -0.39 is 5.97 Å². The second kappa shape index (κ2) is 5.13. The van der Waals surface area contributed by atoms with Gasteiger partial charge in [0.1, 0.15) is 0 Å². The Labute approximate surface area is 103 Å².